The first-order valence-corrected chi connectivity index (χ1v) is 24.3. The zero-order chi connectivity index (χ0) is 44.4. The Labute approximate surface area is 391 Å². The van der Waals surface area contributed by atoms with Gasteiger partial charge in [-0.15, -0.1) is 0 Å². The maximum Gasteiger partial charge on any atom is 0.0495 e. The van der Waals surface area contributed by atoms with Gasteiger partial charge in [-0.05, 0) is 177 Å². The molecular weight excluding hydrogens is 807 g/mol. The lowest BCUT2D eigenvalue weighted by Gasteiger charge is -2.46. The lowest BCUT2D eigenvalue weighted by molar-refractivity contribution is 0.223. The second-order valence-corrected chi connectivity index (χ2v) is 19.7. The fourth-order valence-electron chi connectivity index (χ4n) is 13.4. The molecule has 0 N–H and O–H groups in total. The molecule has 14 rings (SSSR count). The second-order valence-electron chi connectivity index (χ2n) is 19.7. The number of anilines is 2. The summed E-state index contributed by atoms with van der Waals surface area (Å²) in [5.74, 6) is 1.01. The van der Waals surface area contributed by atoms with E-state index in [0.717, 1.165) is 0 Å². The minimum Gasteiger partial charge on any atom is -0.335 e. The van der Waals surface area contributed by atoms with E-state index >= 15 is 0 Å². The number of hydrogen-bond acceptors (Lipinski definition) is 1. The molecule has 0 aromatic heterocycles. The summed E-state index contributed by atoms with van der Waals surface area (Å²) in [6.07, 6.45) is 3.70. The zero-order valence-electron chi connectivity index (χ0n) is 37.9. The van der Waals surface area contributed by atoms with Gasteiger partial charge in [0.2, 0.25) is 0 Å². The van der Waals surface area contributed by atoms with Gasteiger partial charge in [0.25, 0.3) is 0 Å². The Morgan fingerprint density at radius 3 is 1.37 bits per heavy atom. The molecule has 1 fully saturated rings. The topological polar surface area (TPSA) is 3.24 Å². The minimum atomic E-state index is 0.00672. The van der Waals surface area contributed by atoms with Gasteiger partial charge < -0.3 is 4.90 Å². The van der Waals surface area contributed by atoms with Gasteiger partial charge >= 0.3 is 0 Å². The van der Waals surface area contributed by atoms with Crippen LogP contribution in [-0.4, -0.2) is 5.54 Å². The molecule has 0 amide bonds. The first-order valence-electron chi connectivity index (χ1n) is 24.3. The third-order valence-electron chi connectivity index (χ3n) is 16.2. The standard InChI is InChI=1S/C66H49N/c1-41-16-15-37-66(2)65(41)61-38-45(31-36-62(61)67(66)46-23-4-3-5-24-46)57-39-58(50-28-12-20-42-17-6-9-25-47(42)50)54-34-35-56-60(52-30-14-22-44-19-8-11-27-49(44)52)40-59(55-33-32-53(57)63(54)64(55)56)51-29-13-21-43-18-7-10-26-48(43)51/h3-14,17-36,38-41,65H,15-16,37H2,1-2H3. The van der Waals surface area contributed by atoms with Crippen molar-refractivity contribution in [3.05, 3.63) is 218 Å². The quantitative estimate of drug-likeness (QED) is 0.156. The van der Waals surface area contributed by atoms with E-state index in [0.29, 0.717) is 11.8 Å². The van der Waals surface area contributed by atoms with Crippen molar-refractivity contribution in [3.63, 3.8) is 0 Å². The van der Waals surface area contributed by atoms with Crippen molar-refractivity contribution < 1.29 is 0 Å². The van der Waals surface area contributed by atoms with Gasteiger partial charge in [-0.25, -0.2) is 0 Å². The molecule has 3 unspecified atom stereocenters. The number of hydrogen-bond donors (Lipinski definition) is 0. The number of benzene rings is 12. The summed E-state index contributed by atoms with van der Waals surface area (Å²) >= 11 is 0. The molecule has 0 spiro atoms. The van der Waals surface area contributed by atoms with E-state index in [-0.39, 0.29) is 5.54 Å². The van der Waals surface area contributed by atoms with Crippen LogP contribution in [-0.2, 0) is 0 Å². The Bertz CT molecular complexity index is 3840. The molecule has 0 bridgehead atoms. The van der Waals surface area contributed by atoms with Gasteiger partial charge in [0.15, 0.2) is 0 Å². The van der Waals surface area contributed by atoms with Crippen molar-refractivity contribution >= 4 is 76.0 Å². The molecule has 1 heterocycles. The number of rotatable bonds is 5. The maximum absolute atomic E-state index is 2.70. The van der Waals surface area contributed by atoms with E-state index in [1.807, 2.05) is 0 Å². The van der Waals surface area contributed by atoms with Gasteiger partial charge in [-0.2, -0.15) is 0 Å². The monoisotopic (exact) mass is 855 g/mol. The highest BCUT2D eigenvalue weighted by Crippen LogP contribution is 2.60. The number of para-hydroxylation sites is 1. The summed E-state index contributed by atoms with van der Waals surface area (Å²) in [5.41, 5.74) is 14.3. The van der Waals surface area contributed by atoms with Gasteiger partial charge in [0.1, 0.15) is 0 Å². The summed E-state index contributed by atoms with van der Waals surface area (Å²) in [6.45, 7) is 5.04. The van der Waals surface area contributed by atoms with Crippen molar-refractivity contribution in [1.82, 2.24) is 0 Å². The number of nitrogens with zero attached hydrogens (tertiary/aromatic N) is 1. The molecule has 318 valence electrons. The number of fused-ring (bicyclic) bond motifs is 6. The van der Waals surface area contributed by atoms with E-state index in [1.165, 1.54) is 145 Å². The molecule has 1 nitrogen and oxygen atoms in total. The third-order valence-corrected chi connectivity index (χ3v) is 16.2. The fourth-order valence-corrected chi connectivity index (χ4v) is 13.4. The van der Waals surface area contributed by atoms with Crippen molar-refractivity contribution in [2.24, 2.45) is 5.92 Å². The largest absolute Gasteiger partial charge is 0.335 e. The molecule has 3 atom stereocenters. The molecule has 1 saturated carbocycles. The van der Waals surface area contributed by atoms with Crippen LogP contribution in [0.1, 0.15) is 44.6 Å². The molecule has 1 heteroatoms. The molecule has 2 aliphatic rings. The van der Waals surface area contributed by atoms with Crippen LogP contribution in [0.5, 0.6) is 0 Å². The van der Waals surface area contributed by atoms with Crippen LogP contribution in [0.15, 0.2) is 212 Å². The van der Waals surface area contributed by atoms with Crippen LogP contribution >= 0.6 is 0 Å². The van der Waals surface area contributed by atoms with Crippen LogP contribution in [0, 0.1) is 5.92 Å². The Morgan fingerprint density at radius 2 is 0.851 bits per heavy atom. The second kappa shape index (κ2) is 14.6. The van der Waals surface area contributed by atoms with Gasteiger partial charge in [-0.3, -0.25) is 0 Å². The summed E-state index contributed by atoms with van der Waals surface area (Å²) in [6, 6.07) is 80.6. The van der Waals surface area contributed by atoms with E-state index in [4.69, 9.17) is 0 Å². The highest BCUT2D eigenvalue weighted by Gasteiger charge is 2.52. The van der Waals surface area contributed by atoms with E-state index in [2.05, 4.69) is 231 Å². The van der Waals surface area contributed by atoms with Crippen LogP contribution < -0.4 is 4.90 Å². The first-order chi connectivity index (χ1) is 33.0. The minimum absolute atomic E-state index is 0.00672. The normalized spacial score (nSPS) is 18.1. The Balaban J connectivity index is 1.12. The molecule has 67 heavy (non-hydrogen) atoms. The smallest absolute Gasteiger partial charge is 0.0495 e. The molecular formula is C66H49N. The van der Waals surface area contributed by atoms with Crippen LogP contribution in [0.25, 0.3) is 109 Å². The highest BCUT2D eigenvalue weighted by atomic mass is 15.2. The zero-order valence-corrected chi connectivity index (χ0v) is 37.9. The average Bonchev–Trinajstić information content (AvgIpc) is 3.65. The summed E-state index contributed by atoms with van der Waals surface area (Å²) in [4.78, 5) is 2.70. The fraction of sp³-hybridized carbons (Fsp3) is 0.121. The molecule has 0 saturated heterocycles. The van der Waals surface area contributed by atoms with E-state index in [9.17, 15) is 0 Å². The Morgan fingerprint density at radius 1 is 0.403 bits per heavy atom. The van der Waals surface area contributed by atoms with Crippen molar-refractivity contribution in [1.29, 1.82) is 0 Å². The predicted molar refractivity (Wildman–Crippen MR) is 287 cm³/mol. The van der Waals surface area contributed by atoms with Gasteiger partial charge in [-0.1, -0.05) is 189 Å². The predicted octanol–water partition coefficient (Wildman–Crippen LogP) is 18.5. The van der Waals surface area contributed by atoms with E-state index in [1.54, 1.807) is 0 Å². The van der Waals surface area contributed by atoms with Crippen LogP contribution in [0.3, 0.4) is 0 Å². The average molecular weight is 856 g/mol. The van der Waals surface area contributed by atoms with Crippen molar-refractivity contribution in [2.75, 3.05) is 4.90 Å². The van der Waals surface area contributed by atoms with Crippen LogP contribution in [0.4, 0.5) is 11.4 Å². The van der Waals surface area contributed by atoms with E-state index < -0.39 is 0 Å². The van der Waals surface area contributed by atoms with Crippen LogP contribution in [0.2, 0.25) is 0 Å². The lowest BCUT2D eigenvalue weighted by Crippen LogP contribution is -2.47. The van der Waals surface area contributed by atoms with Gasteiger partial charge in [0.05, 0.1) is 0 Å². The summed E-state index contributed by atoms with van der Waals surface area (Å²) in [5, 5.41) is 15.4. The Hall–Kier alpha value is -7.74. The van der Waals surface area contributed by atoms with Gasteiger partial charge in [0, 0.05) is 22.8 Å². The first kappa shape index (κ1) is 38.5. The SMILES string of the molecule is CC1CCCC2(C)C1c1cc(-c3cc(-c4cccc5ccccc45)c4ccc5c(-c6cccc7ccccc67)cc(-c6cccc7ccccc67)c6ccc3c4c65)ccc1N2c1ccccc1. The van der Waals surface area contributed by atoms with Crippen molar-refractivity contribution in [2.45, 2.75) is 44.6 Å². The summed E-state index contributed by atoms with van der Waals surface area (Å²) in [7, 11) is 0. The molecule has 12 aromatic carbocycles. The molecule has 0 radical (unpaired) electrons. The third kappa shape index (κ3) is 5.61. The summed E-state index contributed by atoms with van der Waals surface area (Å²) < 4.78 is 0. The Kier molecular flexibility index (Phi) is 8.41. The molecule has 1 aliphatic carbocycles. The van der Waals surface area contributed by atoms with Crippen molar-refractivity contribution in [3.8, 4) is 44.5 Å². The highest BCUT2D eigenvalue weighted by molar-refractivity contribution is 6.33. The maximum atomic E-state index is 2.70. The molecule has 1 aliphatic heterocycles. The molecule has 12 aromatic rings. The lowest BCUT2D eigenvalue weighted by atomic mass is 9.67.